The van der Waals surface area contributed by atoms with Crippen molar-refractivity contribution in [1.29, 1.82) is 0 Å². The van der Waals surface area contributed by atoms with Crippen LogP contribution in [0.15, 0.2) is 87.8 Å². The first-order valence-corrected chi connectivity index (χ1v) is 10.7. The molecule has 0 spiro atoms. The third-order valence-electron chi connectivity index (χ3n) is 4.81. The Bertz CT molecular complexity index is 1120. The van der Waals surface area contributed by atoms with Gasteiger partial charge >= 0.3 is 0 Å². The summed E-state index contributed by atoms with van der Waals surface area (Å²) in [4.78, 5) is 4.94. The Labute approximate surface area is 185 Å². The number of hydrogen-bond acceptors (Lipinski definition) is 3. The van der Waals surface area contributed by atoms with Gasteiger partial charge in [0.15, 0.2) is 11.5 Å². The highest BCUT2D eigenvalue weighted by molar-refractivity contribution is 9.10. The standard InChI is InChI=1S/C24H15Br2NO2/c25-19-6-1-15(2-7-19)21-11-18(17-5-10-23-24(13-17)29-14-28-23)12-22(27-21)16-3-8-20(26)9-4-16/h1-13H,14H2. The minimum absolute atomic E-state index is 0.267. The van der Waals surface area contributed by atoms with Gasteiger partial charge in [-0.2, -0.15) is 0 Å². The van der Waals surface area contributed by atoms with Gasteiger partial charge in [0.25, 0.3) is 0 Å². The summed E-state index contributed by atoms with van der Waals surface area (Å²) in [6.07, 6.45) is 0. The quantitative estimate of drug-likeness (QED) is 0.290. The number of benzene rings is 3. The highest BCUT2D eigenvalue weighted by Gasteiger charge is 2.15. The number of fused-ring (bicyclic) bond motifs is 1. The minimum Gasteiger partial charge on any atom is -0.454 e. The van der Waals surface area contributed by atoms with E-state index in [-0.39, 0.29) is 6.79 Å². The topological polar surface area (TPSA) is 31.4 Å². The number of hydrogen-bond donors (Lipinski definition) is 0. The maximum Gasteiger partial charge on any atom is 0.231 e. The van der Waals surface area contributed by atoms with Gasteiger partial charge in [-0.05, 0) is 59.7 Å². The van der Waals surface area contributed by atoms with E-state index in [0.29, 0.717) is 0 Å². The molecule has 1 aliphatic heterocycles. The van der Waals surface area contributed by atoms with Crippen molar-refractivity contribution in [3.8, 4) is 45.1 Å². The summed E-state index contributed by atoms with van der Waals surface area (Å²) in [6.45, 7) is 0.267. The second-order valence-corrected chi connectivity index (χ2v) is 8.54. The highest BCUT2D eigenvalue weighted by atomic mass is 79.9. The van der Waals surface area contributed by atoms with Crippen LogP contribution < -0.4 is 9.47 Å². The molecule has 1 aliphatic rings. The Morgan fingerprint density at radius 2 is 1.07 bits per heavy atom. The maximum absolute atomic E-state index is 5.57. The average molecular weight is 509 g/mol. The van der Waals surface area contributed by atoms with Crippen molar-refractivity contribution in [1.82, 2.24) is 4.98 Å². The lowest BCUT2D eigenvalue weighted by Gasteiger charge is -2.11. The Morgan fingerprint density at radius 3 is 1.66 bits per heavy atom. The number of ether oxygens (including phenoxy) is 2. The molecule has 0 amide bonds. The number of halogens is 2. The molecule has 29 heavy (non-hydrogen) atoms. The molecule has 0 N–H and O–H groups in total. The molecule has 0 atom stereocenters. The molecule has 3 aromatic carbocycles. The molecule has 0 bridgehead atoms. The fourth-order valence-electron chi connectivity index (χ4n) is 3.31. The van der Waals surface area contributed by atoms with E-state index < -0.39 is 0 Å². The van der Waals surface area contributed by atoms with Crippen molar-refractivity contribution < 1.29 is 9.47 Å². The molecule has 5 rings (SSSR count). The van der Waals surface area contributed by atoms with Crippen molar-refractivity contribution in [2.24, 2.45) is 0 Å². The summed E-state index contributed by atoms with van der Waals surface area (Å²) in [5, 5.41) is 0. The van der Waals surface area contributed by atoms with Gasteiger partial charge in [0.05, 0.1) is 11.4 Å². The van der Waals surface area contributed by atoms with Crippen molar-refractivity contribution >= 4 is 31.9 Å². The van der Waals surface area contributed by atoms with Crippen LogP contribution in [0.1, 0.15) is 0 Å². The van der Waals surface area contributed by atoms with E-state index in [0.717, 1.165) is 54.1 Å². The lowest BCUT2D eigenvalue weighted by molar-refractivity contribution is 0.174. The average Bonchev–Trinajstić information content (AvgIpc) is 3.22. The number of pyridine rings is 1. The lowest BCUT2D eigenvalue weighted by Crippen LogP contribution is -1.93. The zero-order valence-corrected chi connectivity index (χ0v) is 18.4. The fourth-order valence-corrected chi connectivity index (χ4v) is 3.84. The normalized spacial score (nSPS) is 12.2. The van der Waals surface area contributed by atoms with E-state index in [1.807, 2.05) is 36.4 Å². The van der Waals surface area contributed by atoms with Gasteiger partial charge in [0.1, 0.15) is 0 Å². The van der Waals surface area contributed by atoms with Crippen LogP contribution in [0.2, 0.25) is 0 Å². The third kappa shape index (κ3) is 3.80. The van der Waals surface area contributed by atoms with Crippen LogP contribution >= 0.6 is 31.9 Å². The first-order valence-electron chi connectivity index (χ1n) is 9.10. The van der Waals surface area contributed by atoms with Crippen LogP contribution in [-0.4, -0.2) is 11.8 Å². The summed E-state index contributed by atoms with van der Waals surface area (Å²) < 4.78 is 13.1. The second kappa shape index (κ2) is 7.65. The molecular formula is C24H15Br2NO2. The molecule has 2 heterocycles. The van der Waals surface area contributed by atoms with E-state index in [4.69, 9.17) is 14.5 Å². The second-order valence-electron chi connectivity index (χ2n) is 6.71. The molecule has 0 fully saturated rings. The van der Waals surface area contributed by atoms with Gasteiger partial charge < -0.3 is 9.47 Å². The molecule has 0 saturated carbocycles. The largest absolute Gasteiger partial charge is 0.454 e. The van der Waals surface area contributed by atoms with Gasteiger partial charge in [-0.3, -0.25) is 0 Å². The molecule has 0 saturated heterocycles. The van der Waals surface area contributed by atoms with Crippen molar-refractivity contribution in [3.05, 3.63) is 87.8 Å². The predicted octanol–water partition coefficient (Wildman–Crippen LogP) is 7.34. The van der Waals surface area contributed by atoms with Gasteiger partial charge in [0.2, 0.25) is 6.79 Å². The Kier molecular flexibility index (Phi) is 4.86. The van der Waals surface area contributed by atoms with Crippen LogP contribution in [0, 0.1) is 0 Å². The highest BCUT2D eigenvalue weighted by Crippen LogP contribution is 2.38. The molecule has 4 aromatic rings. The molecule has 0 aliphatic carbocycles. The van der Waals surface area contributed by atoms with Gasteiger partial charge in [-0.1, -0.05) is 62.2 Å². The van der Waals surface area contributed by atoms with Gasteiger partial charge in [0, 0.05) is 20.1 Å². The zero-order chi connectivity index (χ0) is 19.8. The van der Waals surface area contributed by atoms with Gasteiger partial charge in [-0.15, -0.1) is 0 Å². The van der Waals surface area contributed by atoms with Crippen molar-refractivity contribution in [2.75, 3.05) is 6.79 Å². The van der Waals surface area contributed by atoms with E-state index in [1.54, 1.807) is 0 Å². The number of nitrogens with zero attached hydrogens (tertiary/aromatic N) is 1. The molecule has 0 unspecified atom stereocenters. The Morgan fingerprint density at radius 1 is 0.552 bits per heavy atom. The number of aromatic nitrogens is 1. The summed E-state index contributed by atoms with van der Waals surface area (Å²) in [5.41, 5.74) is 6.11. The van der Waals surface area contributed by atoms with Crippen LogP contribution in [0.5, 0.6) is 11.5 Å². The van der Waals surface area contributed by atoms with Crippen LogP contribution in [0.25, 0.3) is 33.6 Å². The first-order chi connectivity index (χ1) is 14.2. The lowest BCUT2D eigenvalue weighted by atomic mass is 9.99. The van der Waals surface area contributed by atoms with E-state index in [1.165, 1.54) is 0 Å². The minimum atomic E-state index is 0.267. The monoisotopic (exact) mass is 507 g/mol. The van der Waals surface area contributed by atoms with Crippen LogP contribution in [0.4, 0.5) is 0 Å². The summed E-state index contributed by atoms with van der Waals surface area (Å²) in [5.74, 6) is 1.55. The maximum atomic E-state index is 5.57. The molecule has 5 heteroatoms. The third-order valence-corrected chi connectivity index (χ3v) is 5.87. The summed E-state index contributed by atoms with van der Waals surface area (Å²) >= 11 is 7.01. The summed E-state index contributed by atoms with van der Waals surface area (Å²) in [6, 6.07) is 26.7. The number of rotatable bonds is 3. The molecule has 1 aromatic heterocycles. The molecule has 142 valence electrons. The van der Waals surface area contributed by atoms with E-state index in [9.17, 15) is 0 Å². The molecule has 0 radical (unpaired) electrons. The molecular weight excluding hydrogens is 494 g/mol. The Balaban J connectivity index is 1.67. The predicted molar refractivity (Wildman–Crippen MR) is 122 cm³/mol. The van der Waals surface area contributed by atoms with Crippen LogP contribution in [-0.2, 0) is 0 Å². The summed E-state index contributed by atoms with van der Waals surface area (Å²) in [7, 11) is 0. The van der Waals surface area contributed by atoms with Crippen molar-refractivity contribution in [3.63, 3.8) is 0 Å². The first kappa shape index (κ1) is 18.4. The van der Waals surface area contributed by atoms with E-state index in [2.05, 4.69) is 74.3 Å². The smallest absolute Gasteiger partial charge is 0.231 e. The van der Waals surface area contributed by atoms with Crippen LogP contribution in [0.3, 0.4) is 0 Å². The zero-order valence-electron chi connectivity index (χ0n) is 15.2. The van der Waals surface area contributed by atoms with Crippen molar-refractivity contribution in [2.45, 2.75) is 0 Å². The van der Waals surface area contributed by atoms with Gasteiger partial charge in [-0.25, -0.2) is 4.98 Å². The SMILES string of the molecule is Brc1ccc(-c2cc(-c3ccc4c(c3)OCO4)cc(-c3ccc(Br)cc3)n2)cc1. The fraction of sp³-hybridized carbons (Fsp3) is 0.0417. The molecule has 3 nitrogen and oxygen atoms in total. The van der Waals surface area contributed by atoms with E-state index >= 15 is 0 Å². The Hall–Kier alpha value is -2.63.